The lowest BCUT2D eigenvalue weighted by atomic mass is 10.1. The minimum atomic E-state index is -3.01. The van der Waals surface area contributed by atoms with Crippen LogP contribution in [0.1, 0.15) is 28.4 Å². The topological polar surface area (TPSA) is 111 Å². The molecule has 0 unspecified atom stereocenters. The second-order valence-electron chi connectivity index (χ2n) is 7.47. The van der Waals surface area contributed by atoms with Crippen LogP contribution in [0, 0.1) is 17.0 Å². The number of ether oxygens (including phenoxy) is 2. The molecule has 0 bridgehead atoms. The normalized spacial score (nSPS) is 15.9. The van der Waals surface area contributed by atoms with Gasteiger partial charge in [-0.15, -0.1) is 0 Å². The Bertz CT molecular complexity index is 1070. The molecule has 0 N–H and O–H groups in total. The van der Waals surface area contributed by atoms with Crippen LogP contribution in [0.3, 0.4) is 0 Å². The monoisotopic (exact) mass is 461 g/mol. The van der Waals surface area contributed by atoms with Crippen LogP contribution in [0.15, 0.2) is 36.4 Å². The van der Waals surface area contributed by atoms with Gasteiger partial charge in [0.15, 0.2) is 0 Å². The number of hydrogen-bond acceptors (Lipinski definition) is 7. The third kappa shape index (κ3) is 4.68. The standard InChI is InChI=1S/C21H24N3O7P/c1-3-29-21(25)16-4-7-18(8-5-16)31-20-15(2)17(6-9-19(20)24(26)27)14-30-32(28,22-10-11-22)23-12-13-23/h4-9H,3,10-14H2,1-2H3. The van der Waals surface area contributed by atoms with E-state index in [1.165, 1.54) is 18.2 Å². The van der Waals surface area contributed by atoms with Gasteiger partial charge in [0.25, 0.3) is 0 Å². The zero-order valence-electron chi connectivity index (χ0n) is 17.9. The first-order chi connectivity index (χ1) is 15.3. The fraction of sp³-hybridized carbons (Fsp3) is 0.381. The highest BCUT2D eigenvalue weighted by molar-refractivity contribution is 7.54. The summed E-state index contributed by atoms with van der Waals surface area (Å²) < 4.78 is 33.4. The van der Waals surface area contributed by atoms with Crippen LogP contribution in [-0.4, -0.2) is 53.0 Å². The molecule has 2 aliphatic heterocycles. The Labute approximate surface area is 185 Å². The molecule has 11 heteroatoms. The largest absolute Gasteiger partial charge is 0.462 e. The van der Waals surface area contributed by atoms with Crippen molar-refractivity contribution in [2.75, 3.05) is 32.8 Å². The van der Waals surface area contributed by atoms with Crippen molar-refractivity contribution in [1.29, 1.82) is 0 Å². The van der Waals surface area contributed by atoms with Crippen LogP contribution >= 0.6 is 7.67 Å². The van der Waals surface area contributed by atoms with Gasteiger partial charge in [-0.1, -0.05) is 0 Å². The Morgan fingerprint density at radius 3 is 2.25 bits per heavy atom. The van der Waals surface area contributed by atoms with Crippen molar-refractivity contribution in [2.45, 2.75) is 20.5 Å². The highest BCUT2D eigenvalue weighted by atomic mass is 31.2. The number of nitro benzene ring substituents is 1. The van der Waals surface area contributed by atoms with E-state index in [1.54, 1.807) is 32.0 Å². The highest BCUT2D eigenvalue weighted by Crippen LogP contribution is 2.61. The first-order valence-corrected chi connectivity index (χ1v) is 11.8. The SMILES string of the molecule is CCOC(=O)c1ccc(Oc2c([N+](=O)[O-])ccc(COP(=O)(N3CC3)N3CC3)c2C)cc1. The Morgan fingerprint density at radius 2 is 1.72 bits per heavy atom. The zero-order valence-corrected chi connectivity index (χ0v) is 18.7. The Hall–Kier alpha value is -2.78. The van der Waals surface area contributed by atoms with Crippen LogP contribution in [0.2, 0.25) is 0 Å². The molecule has 0 radical (unpaired) electrons. The van der Waals surface area contributed by atoms with Crippen LogP contribution < -0.4 is 4.74 Å². The van der Waals surface area contributed by atoms with Gasteiger partial charge in [-0.2, -0.15) is 0 Å². The maximum absolute atomic E-state index is 13.2. The first kappa shape index (κ1) is 22.4. The molecule has 4 rings (SSSR count). The van der Waals surface area contributed by atoms with Crippen molar-refractivity contribution in [3.8, 4) is 11.5 Å². The molecule has 2 heterocycles. The second-order valence-corrected chi connectivity index (χ2v) is 9.84. The van der Waals surface area contributed by atoms with E-state index >= 15 is 0 Å². The summed E-state index contributed by atoms with van der Waals surface area (Å²) >= 11 is 0. The lowest BCUT2D eigenvalue weighted by Gasteiger charge is -2.20. The van der Waals surface area contributed by atoms with E-state index in [-0.39, 0.29) is 24.7 Å². The molecule has 0 saturated carbocycles. The molecular formula is C21H24N3O7P. The van der Waals surface area contributed by atoms with Crippen LogP contribution in [-0.2, 0) is 20.4 Å². The van der Waals surface area contributed by atoms with Crippen molar-refractivity contribution in [3.05, 3.63) is 63.2 Å². The van der Waals surface area contributed by atoms with E-state index in [2.05, 4.69) is 0 Å². The van der Waals surface area contributed by atoms with Crippen molar-refractivity contribution < 1.29 is 28.3 Å². The van der Waals surface area contributed by atoms with Gasteiger partial charge in [-0.25, -0.2) is 14.1 Å². The fourth-order valence-corrected chi connectivity index (χ4v) is 5.41. The lowest BCUT2D eigenvalue weighted by Crippen LogP contribution is -2.09. The van der Waals surface area contributed by atoms with E-state index in [1.807, 2.05) is 9.34 Å². The van der Waals surface area contributed by atoms with E-state index in [0.717, 1.165) is 26.2 Å². The van der Waals surface area contributed by atoms with Crippen LogP contribution in [0.5, 0.6) is 11.5 Å². The van der Waals surface area contributed by atoms with Crippen molar-refractivity contribution in [3.63, 3.8) is 0 Å². The summed E-state index contributed by atoms with van der Waals surface area (Å²) in [6.07, 6.45) is 0. The predicted octanol–water partition coefficient (Wildman–Crippen LogP) is 4.13. The van der Waals surface area contributed by atoms with E-state index in [4.69, 9.17) is 14.0 Å². The second kappa shape index (κ2) is 8.99. The van der Waals surface area contributed by atoms with Crippen molar-refractivity contribution in [1.82, 2.24) is 9.34 Å². The molecular weight excluding hydrogens is 437 g/mol. The maximum Gasteiger partial charge on any atom is 0.346 e. The highest BCUT2D eigenvalue weighted by Gasteiger charge is 2.49. The van der Waals surface area contributed by atoms with Gasteiger partial charge in [-0.3, -0.25) is 14.7 Å². The number of benzene rings is 2. The summed E-state index contributed by atoms with van der Waals surface area (Å²) in [5.74, 6) is -0.0444. The molecule has 2 fully saturated rings. The van der Waals surface area contributed by atoms with Crippen molar-refractivity contribution in [2.24, 2.45) is 0 Å². The molecule has 2 aromatic rings. The quantitative estimate of drug-likeness (QED) is 0.169. The minimum absolute atomic E-state index is 0.0479. The Morgan fingerprint density at radius 1 is 1.09 bits per heavy atom. The smallest absolute Gasteiger partial charge is 0.346 e. The average molecular weight is 461 g/mol. The first-order valence-electron chi connectivity index (χ1n) is 10.3. The molecule has 32 heavy (non-hydrogen) atoms. The van der Waals surface area contributed by atoms with E-state index in [0.29, 0.717) is 22.4 Å². The summed E-state index contributed by atoms with van der Waals surface area (Å²) in [7, 11) is -3.01. The lowest BCUT2D eigenvalue weighted by molar-refractivity contribution is -0.385. The summed E-state index contributed by atoms with van der Waals surface area (Å²) in [4.78, 5) is 22.9. The van der Waals surface area contributed by atoms with Gasteiger partial charge >= 0.3 is 19.3 Å². The maximum atomic E-state index is 13.2. The molecule has 0 amide bonds. The molecule has 2 aromatic carbocycles. The fourth-order valence-electron chi connectivity index (χ4n) is 3.23. The van der Waals surface area contributed by atoms with Gasteiger partial charge in [0.1, 0.15) is 5.75 Å². The summed E-state index contributed by atoms with van der Waals surface area (Å²) in [6, 6.07) is 9.12. The van der Waals surface area contributed by atoms with Crippen molar-refractivity contribution >= 4 is 19.3 Å². The Kier molecular flexibility index (Phi) is 6.30. The third-order valence-corrected chi connectivity index (χ3v) is 7.92. The van der Waals surface area contributed by atoms with Crippen LogP contribution in [0.4, 0.5) is 5.69 Å². The molecule has 2 aliphatic rings. The van der Waals surface area contributed by atoms with Gasteiger partial charge < -0.3 is 14.0 Å². The number of esters is 1. The van der Waals surface area contributed by atoms with E-state index < -0.39 is 18.6 Å². The molecule has 0 spiro atoms. The van der Waals surface area contributed by atoms with Crippen LogP contribution in [0.25, 0.3) is 0 Å². The molecule has 10 nitrogen and oxygen atoms in total. The predicted molar refractivity (Wildman–Crippen MR) is 116 cm³/mol. The Balaban J connectivity index is 1.56. The summed E-state index contributed by atoms with van der Waals surface area (Å²) in [6.45, 7) is 6.69. The number of nitro groups is 1. The number of carbonyl (C=O) groups excluding carboxylic acids is 1. The summed E-state index contributed by atoms with van der Waals surface area (Å²) in [5, 5.41) is 11.6. The number of carbonyl (C=O) groups is 1. The number of nitrogens with zero attached hydrogens (tertiary/aromatic N) is 3. The molecule has 170 valence electrons. The summed E-state index contributed by atoms with van der Waals surface area (Å²) in [5.41, 5.74) is 1.34. The zero-order chi connectivity index (χ0) is 22.9. The third-order valence-electron chi connectivity index (χ3n) is 5.23. The molecule has 2 saturated heterocycles. The number of hydrogen-bond donors (Lipinski definition) is 0. The molecule has 0 aliphatic carbocycles. The minimum Gasteiger partial charge on any atom is -0.462 e. The number of rotatable bonds is 10. The van der Waals surface area contributed by atoms with Gasteiger partial charge in [0, 0.05) is 37.8 Å². The van der Waals surface area contributed by atoms with Gasteiger partial charge in [0.2, 0.25) is 5.75 Å². The van der Waals surface area contributed by atoms with Gasteiger partial charge in [-0.05, 0) is 49.7 Å². The average Bonchev–Trinajstić information content (AvgIpc) is 3.66. The molecule has 0 aromatic heterocycles. The van der Waals surface area contributed by atoms with E-state index in [9.17, 15) is 19.5 Å². The molecule has 0 atom stereocenters. The van der Waals surface area contributed by atoms with Gasteiger partial charge in [0.05, 0.1) is 23.7 Å².